The molecule has 0 aliphatic heterocycles. The summed E-state index contributed by atoms with van der Waals surface area (Å²) in [5.41, 5.74) is 2.78. The quantitative estimate of drug-likeness (QED) is 0.790. The maximum absolute atomic E-state index is 9.16. The van der Waals surface area contributed by atoms with Gasteiger partial charge in [-0.3, -0.25) is 0 Å². The van der Waals surface area contributed by atoms with Gasteiger partial charge in [0.1, 0.15) is 0 Å². The van der Waals surface area contributed by atoms with E-state index in [0.717, 1.165) is 20.9 Å². The van der Waals surface area contributed by atoms with Crippen molar-refractivity contribution in [3.8, 4) is 5.82 Å². The Hall–Kier alpha value is -1.72. The van der Waals surface area contributed by atoms with Crippen LogP contribution in [-0.2, 0) is 6.61 Å². The number of rotatable bonds is 2. The highest BCUT2D eigenvalue weighted by Crippen LogP contribution is 2.26. The SMILES string of the molecule is Cc1cc(Br)c2cnn(-c3cccc(CO)n3)c2c1. The van der Waals surface area contributed by atoms with Gasteiger partial charge in [0.2, 0.25) is 0 Å². The average molecular weight is 318 g/mol. The molecule has 19 heavy (non-hydrogen) atoms. The Morgan fingerprint density at radius 3 is 2.95 bits per heavy atom. The molecular weight excluding hydrogens is 306 g/mol. The van der Waals surface area contributed by atoms with Crippen molar-refractivity contribution >= 4 is 26.8 Å². The molecule has 3 rings (SSSR count). The first kappa shape index (κ1) is 12.3. The van der Waals surface area contributed by atoms with E-state index >= 15 is 0 Å². The van der Waals surface area contributed by atoms with Crippen LogP contribution < -0.4 is 0 Å². The van der Waals surface area contributed by atoms with Crippen LogP contribution in [0.15, 0.2) is 41.0 Å². The van der Waals surface area contributed by atoms with E-state index in [1.165, 1.54) is 0 Å². The van der Waals surface area contributed by atoms with Crippen LogP contribution in [0.5, 0.6) is 0 Å². The van der Waals surface area contributed by atoms with Crippen LogP contribution in [0.25, 0.3) is 16.7 Å². The van der Waals surface area contributed by atoms with Crippen LogP contribution >= 0.6 is 15.9 Å². The third kappa shape index (κ3) is 2.15. The largest absolute Gasteiger partial charge is 0.390 e. The molecule has 3 aromatic rings. The molecular formula is C14H12BrN3O. The van der Waals surface area contributed by atoms with E-state index in [0.29, 0.717) is 11.5 Å². The molecule has 2 aromatic heterocycles. The Labute approximate surface area is 118 Å². The summed E-state index contributed by atoms with van der Waals surface area (Å²) in [6, 6.07) is 9.66. The number of pyridine rings is 1. The number of halogens is 1. The molecule has 0 radical (unpaired) electrons. The average Bonchev–Trinajstić information content (AvgIpc) is 2.82. The minimum atomic E-state index is -0.0736. The van der Waals surface area contributed by atoms with E-state index in [2.05, 4.69) is 38.1 Å². The van der Waals surface area contributed by atoms with Gasteiger partial charge in [-0.15, -0.1) is 0 Å². The first-order chi connectivity index (χ1) is 9.19. The summed E-state index contributed by atoms with van der Waals surface area (Å²) in [5.74, 6) is 0.707. The van der Waals surface area contributed by atoms with Crippen molar-refractivity contribution in [1.29, 1.82) is 0 Å². The van der Waals surface area contributed by atoms with E-state index in [1.54, 1.807) is 10.7 Å². The number of aryl methyl sites for hydroxylation is 1. The van der Waals surface area contributed by atoms with Gasteiger partial charge in [0.15, 0.2) is 5.82 Å². The van der Waals surface area contributed by atoms with E-state index in [9.17, 15) is 0 Å². The number of fused-ring (bicyclic) bond motifs is 1. The number of hydrogen-bond donors (Lipinski definition) is 1. The molecule has 0 aliphatic rings. The smallest absolute Gasteiger partial charge is 0.154 e. The van der Waals surface area contributed by atoms with Gasteiger partial charge in [-0.1, -0.05) is 22.0 Å². The number of aliphatic hydroxyl groups is 1. The summed E-state index contributed by atoms with van der Waals surface area (Å²) >= 11 is 3.55. The Morgan fingerprint density at radius 2 is 2.16 bits per heavy atom. The van der Waals surface area contributed by atoms with Gasteiger partial charge >= 0.3 is 0 Å². The predicted octanol–water partition coefficient (Wildman–Crippen LogP) is 2.98. The first-order valence-corrected chi connectivity index (χ1v) is 6.69. The van der Waals surface area contributed by atoms with E-state index in [-0.39, 0.29) is 6.61 Å². The number of benzene rings is 1. The van der Waals surface area contributed by atoms with Crippen LogP contribution in [-0.4, -0.2) is 19.9 Å². The molecule has 5 heteroatoms. The highest BCUT2D eigenvalue weighted by molar-refractivity contribution is 9.10. The number of hydrogen-bond acceptors (Lipinski definition) is 3. The molecule has 0 atom stereocenters. The molecule has 1 N–H and O–H groups in total. The van der Waals surface area contributed by atoms with Gasteiger partial charge in [-0.25, -0.2) is 9.67 Å². The highest BCUT2D eigenvalue weighted by atomic mass is 79.9. The second kappa shape index (κ2) is 4.75. The third-order valence-electron chi connectivity index (χ3n) is 2.95. The Balaban J connectivity index is 2.25. The van der Waals surface area contributed by atoms with Crippen molar-refractivity contribution in [3.05, 3.63) is 52.3 Å². The molecule has 0 saturated carbocycles. The third-order valence-corrected chi connectivity index (χ3v) is 3.61. The van der Waals surface area contributed by atoms with Crippen molar-refractivity contribution in [2.75, 3.05) is 0 Å². The van der Waals surface area contributed by atoms with Crippen LogP contribution in [0.1, 0.15) is 11.3 Å². The Morgan fingerprint density at radius 1 is 1.32 bits per heavy atom. The minimum Gasteiger partial charge on any atom is -0.390 e. The molecule has 2 heterocycles. The second-order valence-electron chi connectivity index (χ2n) is 4.38. The van der Waals surface area contributed by atoms with E-state index in [1.807, 2.05) is 25.3 Å². The summed E-state index contributed by atoms with van der Waals surface area (Å²) in [6.45, 7) is 1.97. The van der Waals surface area contributed by atoms with Crippen LogP contribution in [0, 0.1) is 6.92 Å². The number of aromatic nitrogens is 3. The summed E-state index contributed by atoms with van der Waals surface area (Å²) < 4.78 is 2.80. The van der Waals surface area contributed by atoms with Crippen LogP contribution in [0.3, 0.4) is 0 Å². The summed E-state index contributed by atoms with van der Waals surface area (Å²) in [7, 11) is 0. The summed E-state index contributed by atoms with van der Waals surface area (Å²) in [5, 5.41) is 14.6. The zero-order chi connectivity index (χ0) is 13.4. The van der Waals surface area contributed by atoms with E-state index < -0.39 is 0 Å². The lowest BCUT2D eigenvalue weighted by molar-refractivity contribution is 0.276. The van der Waals surface area contributed by atoms with Crippen molar-refractivity contribution in [3.63, 3.8) is 0 Å². The number of aliphatic hydroxyl groups excluding tert-OH is 1. The van der Waals surface area contributed by atoms with E-state index in [4.69, 9.17) is 5.11 Å². The Bertz CT molecular complexity index is 752. The van der Waals surface area contributed by atoms with Crippen molar-refractivity contribution < 1.29 is 5.11 Å². The summed E-state index contributed by atoms with van der Waals surface area (Å²) in [4.78, 5) is 4.38. The first-order valence-electron chi connectivity index (χ1n) is 5.90. The minimum absolute atomic E-state index is 0.0736. The molecule has 96 valence electrons. The molecule has 0 amide bonds. The van der Waals surface area contributed by atoms with Gasteiger partial charge in [0.25, 0.3) is 0 Å². The highest BCUT2D eigenvalue weighted by Gasteiger charge is 2.09. The molecule has 0 fully saturated rings. The normalized spacial score (nSPS) is 11.1. The molecule has 4 nitrogen and oxygen atoms in total. The standard InChI is InChI=1S/C14H12BrN3O/c1-9-5-12(15)11-7-16-18(13(11)6-9)14-4-2-3-10(8-19)17-14/h2-7,19H,8H2,1H3. The zero-order valence-corrected chi connectivity index (χ0v) is 11.9. The maximum atomic E-state index is 9.16. The molecule has 1 aromatic carbocycles. The second-order valence-corrected chi connectivity index (χ2v) is 5.24. The fourth-order valence-corrected chi connectivity index (χ4v) is 2.74. The van der Waals surface area contributed by atoms with Crippen LogP contribution in [0.4, 0.5) is 0 Å². The van der Waals surface area contributed by atoms with Crippen LogP contribution in [0.2, 0.25) is 0 Å². The topological polar surface area (TPSA) is 50.9 Å². The van der Waals surface area contributed by atoms with Gasteiger partial charge in [-0.05, 0) is 36.8 Å². The van der Waals surface area contributed by atoms with Gasteiger partial charge in [0, 0.05) is 9.86 Å². The lowest BCUT2D eigenvalue weighted by Gasteiger charge is -2.05. The lowest BCUT2D eigenvalue weighted by atomic mass is 10.2. The fraction of sp³-hybridized carbons (Fsp3) is 0.143. The zero-order valence-electron chi connectivity index (χ0n) is 10.3. The number of nitrogens with zero attached hydrogens (tertiary/aromatic N) is 3. The molecule has 0 aliphatic carbocycles. The molecule has 0 bridgehead atoms. The lowest BCUT2D eigenvalue weighted by Crippen LogP contribution is -2.01. The molecule has 0 unspecified atom stereocenters. The molecule has 0 spiro atoms. The van der Waals surface area contributed by atoms with Gasteiger partial charge < -0.3 is 5.11 Å². The Kier molecular flexibility index (Phi) is 3.08. The molecule has 0 saturated heterocycles. The van der Waals surface area contributed by atoms with Crippen molar-refractivity contribution in [2.24, 2.45) is 0 Å². The summed E-state index contributed by atoms with van der Waals surface area (Å²) in [6.07, 6.45) is 1.81. The van der Waals surface area contributed by atoms with Crippen molar-refractivity contribution in [1.82, 2.24) is 14.8 Å². The van der Waals surface area contributed by atoms with Crippen molar-refractivity contribution in [2.45, 2.75) is 13.5 Å². The fourth-order valence-electron chi connectivity index (χ4n) is 2.07. The van der Waals surface area contributed by atoms with Gasteiger partial charge in [-0.2, -0.15) is 5.10 Å². The van der Waals surface area contributed by atoms with Gasteiger partial charge in [0.05, 0.1) is 24.0 Å². The monoisotopic (exact) mass is 317 g/mol. The predicted molar refractivity (Wildman–Crippen MR) is 77.2 cm³/mol. The maximum Gasteiger partial charge on any atom is 0.154 e.